The van der Waals surface area contributed by atoms with Crippen molar-refractivity contribution < 1.29 is 13.9 Å². The summed E-state index contributed by atoms with van der Waals surface area (Å²) in [6.07, 6.45) is 1.26. The quantitative estimate of drug-likeness (QED) is 0.775. The second-order valence-electron chi connectivity index (χ2n) is 5.08. The third-order valence-electron chi connectivity index (χ3n) is 3.48. The first-order valence-electron chi connectivity index (χ1n) is 7.10. The fourth-order valence-electron chi connectivity index (χ4n) is 2.19. The van der Waals surface area contributed by atoms with E-state index in [4.69, 9.17) is 20.8 Å². The van der Waals surface area contributed by atoms with Crippen LogP contribution in [0.4, 0.5) is 5.69 Å². The SMILES string of the molecule is COc1cc(Cl)c(C)cc1NC(=O)c1ccc(-c2nnco2)cc1. The predicted octanol–water partition coefficient (Wildman–Crippen LogP) is 3.96. The van der Waals surface area contributed by atoms with Crippen LogP contribution in [0.3, 0.4) is 0 Å². The van der Waals surface area contributed by atoms with Crippen molar-refractivity contribution in [1.82, 2.24) is 10.2 Å². The number of carbonyl (C=O) groups excluding carboxylic acids is 1. The minimum Gasteiger partial charge on any atom is -0.495 e. The van der Waals surface area contributed by atoms with E-state index in [9.17, 15) is 4.79 Å². The molecule has 0 saturated heterocycles. The van der Waals surface area contributed by atoms with Gasteiger partial charge in [-0.15, -0.1) is 10.2 Å². The molecule has 3 rings (SSSR count). The number of benzene rings is 2. The van der Waals surface area contributed by atoms with E-state index in [-0.39, 0.29) is 5.91 Å². The van der Waals surface area contributed by atoms with Gasteiger partial charge >= 0.3 is 0 Å². The third kappa shape index (κ3) is 3.23. The molecule has 0 fully saturated rings. The lowest BCUT2D eigenvalue weighted by atomic mass is 10.1. The van der Waals surface area contributed by atoms with Gasteiger partial charge in [0.15, 0.2) is 0 Å². The molecular weight excluding hydrogens is 330 g/mol. The van der Waals surface area contributed by atoms with Crippen LogP contribution in [0.15, 0.2) is 47.2 Å². The molecule has 0 atom stereocenters. The predicted molar refractivity (Wildman–Crippen MR) is 90.4 cm³/mol. The molecule has 0 aliphatic heterocycles. The number of nitrogens with one attached hydrogen (secondary N) is 1. The van der Waals surface area contributed by atoms with Gasteiger partial charge in [0.05, 0.1) is 12.8 Å². The number of carbonyl (C=O) groups is 1. The highest BCUT2D eigenvalue weighted by molar-refractivity contribution is 6.31. The Morgan fingerprint density at radius 2 is 2.00 bits per heavy atom. The summed E-state index contributed by atoms with van der Waals surface area (Å²) >= 11 is 6.07. The summed E-state index contributed by atoms with van der Waals surface area (Å²) in [4.78, 5) is 12.4. The molecule has 0 radical (unpaired) electrons. The lowest BCUT2D eigenvalue weighted by molar-refractivity contribution is 0.102. The first-order valence-corrected chi connectivity index (χ1v) is 7.48. The standard InChI is InChI=1S/C17H14ClN3O3/c1-10-7-14(15(23-2)8-13(10)18)20-16(22)11-3-5-12(6-4-11)17-21-19-9-24-17/h3-9H,1-2H3,(H,20,22). The van der Waals surface area contributed by atoms with Gasteiger partial charge in [-0.25, -0.2) is 0 Å². The first-order chi connectivity index (χ1) is 11.6. The van der Waals surface area contributed by atoms with E-state index in [1.807, 2.05) is 6.92 Å². The third-order valence-corrected chi connectivity index (χ3v) is 3.89. The summed E-state index contributed by atoms with van der Waals surface area (Å²) < 4.78 is 10.4. The van der Waals surface area contributed by atoms with Gasteiger partial charge in [0.1, 0.15) is 5.75 Å². The average Bonchev–Trinajstić information content (AvgIpc) is 3.12. The molecule has 0 bridgehead atoms. The molecule has 0 aliphatic rings. The van der Waals surface area contributed by atoms with Gasteiger partial charge in [0.2, 0.25) is 12.3 Å². The normalized spacial score (nSPS) is 10.5. The molecular formula is C17H14ClN3O3. The van der Waals surface area contributed by atoms with Gasteiger partial charge in [0.25, 0.3) is 5.91 Å². The molecule has 0 aliphatic carbocycles. The molecule has 7 heteroatoms. The maximum atomic E-state index is 12.4. The number of ether oxygens (including phenoxy) is 1. The molecule has 122 valence electrons. The second kappa shape index (κ2) is 6.72. The zero-order valence-corrected chi connectivity index (χ0v) is 13.8. The Hall–Kier alpha value is -2.86. The zero-order chi connectivity index (χ0) is 17.1. The highest BCUT2D eigenvalue weighted by atomic mass is 35.5. The zero-order valence-electron chi connectivity index (χ0n) is 13.0. The number of anilines is 1. The summed E-state index contributed by atoms with van der Waals surface area (Å²) in [5.74, 6) is 0.644. The molecule has 0 spiro atoms. The smallest absolute Gasteiger partial charge is 0.255 e. The fraction of sp³-hybridized carbons (Fsp3) is 0.118. The van der Waals surface area contributed by atoms with E-state index in [2.05, 4.69) is 15.5 Å². The largest absolute Gasteiger partial charge is 0.495 e. The van der Waals surface area contributed by atoms with Crippen molar-refractivity contribution in [1.29, 1.82) is 0 Å². The highest BCUT2D eigenvalue weighted by Crippen LogP contribution is 2.31. The molecule has 24 heavy (non-hydrogen) atoms. The number of aryl methyl sites for hydroxylation is 1. The second-order valence-corrected chi connectivity index (χ2v) is 5.48. The summed E-state index contributed by atoms with van der Waals surface area (Å²) in [6.45, 7) is 1.86. The minimum absolute atomic E-state index is 0.257. The summed E-state index contributed by atoms with van der Waals surface area (Å²) in [6, 6.07) is 10.3. The fourth-order valence-corrected chi connectivity index (χ4v) is 2.34. The molecule has 2 aromatic carbocycles. The van der Waals surface area contributed by atoms with Crippen LogP contribution in [0.5, 0.6) is 5.75 Å². The van der Waals surface area contributed by atoms with E-state index in [1.165, 1.54) is 13.5 Å². The van der Waals surface area contributed by atoms with Gasteiger partial charge in [0, 0.05) is 22.2 Å². The molecule has 1 aromatic heterocycles. The summed E-state index contributed by atoms with van der Waals surface area (Å²) in [5, 5.41) is 10.9. The Balaban J connectivity index is 1.81. The Kier molecular flexibility index (Phi) is 4.48. The van der Waals surface area contributed by atoms with Crippen LogP contribution >= 0.6 is 11.6 Å². The van der Waals surface area contributed by atoms with Crippen molar-refractivity contribution >= 4 is 23.2 Å². The van der Waals surface area contributed by atoms with Crippen LogP contribution in [0, 0.1) is 6.92 Å². The molecule has 1 heterocycles. The molecule has 1 amide bonds. The van der Waals surface area contributed by atoms with Gasteiger partial charge in [-0.3, -0.25) is 4.79 Å². The minimum atomic E-state index is -0.257. The van der Waals surface area contributed by atoms with Crippen molar-refractivity contribution in [2.24, 2.45) is 0 Å². The first kappa shape index (κ1) is 16.0. The maximum absolute atomic E-state index is 12.4. The van der Waals surface area contributed by atoms with E-state index >= 15 is 0 Å². The van der Waals surface area contributed by atoms with Crippen LogP contribution in [-0.4, -0.2) is 23.2 Å². The topological polar surface area (TPSA) is 77.2 Å². The van der Waals surface area contributed by atoms with Gasteiger partial charge in [-0.1, -0.05) is 11.6 Å². The number of hydrogen-bond acceptors (Lipinski definition) is 5. The van der Waals surface area contributed by atoms with Gasteiger partial charge < -0.3 is 14.5 Å². The Morgan fingerprint density at radius 1 is 1.25 bits per heavy atom. The van der Waals surface area contributed by atoms with Crippen molar-refractivity contribution in [3.8, 4) is 17.2 Å². The molecule has 0 unspecified atom stereocenters. The van der Waals surface area contributed by atoms with E-state index in [0.29, 0.717) is 27.9 Å². The lowest BCUT2D eigenvalue weighted by Crippen LogP contribution is -2.12. The lowest BCUT2D eigenvalue weighted by Gasteiger charge is -2.12. The Labute approximate surface area is 143 Å². The molecule has 1 N–H and O–H groups in total. The number of aromatic nitrogens is 2. The van der Waals surface area contributed by atoms with E-state index in [0.717, 1.165) is 11.1 Å². The average molecular weight is 344 g/mol. The van der Waals surface area contributed by atoms with Crippen molar-refractivity contribution in [2.45, 2.75) is 6.92 Å². The summed E-state index contributed by atoms with van der Waals surface area (Å²) in [5.41, 5.74) is 2.64. The number of methoxy groups -OCH3 is 1. The Bertz CT molecular complexity index is 862. The Morgan fingerprint density at radius 3 is 2.62 bits per heavy atom. The number of rotatable bonds is 4. The van der Waals surface area contributed by atoms with Crippen molar-refractivity contribution in [3.63, 3.8) is 0 Å². The van der Waals surface area contributed by atoms with E-state index < -0.39 is 0 Å². The van der Waals surface area contributed by atoms with Gasteiger partial charge in [-0.2, -0.15) is 0 Å². The van der Waals surface area contributed by atoms with E-state index in [1.54, 1.807) is 36.4 Å². The monoisotopic (exact) mass is 343 g/mol. The number of amides is 1. The summed E-state index contributed by atoms with van der Waals surface area (Å²) in [7, 11) is 1.52. The molecule has 3 aromatic rings. The maximum Gasteiger partial charge on any atom is 0.255 e. The van der Waals surface area contributed by atoms with Crippen molar-refractivity contribution in [2.75, 3.05) is 12.4 Å². The van der Waals surface area contributed by atoms with Crippen LogP contribution < -0.4 is 10.1 Å². The number of halogens is 1. The number of nitrogens with zero attached hydrogens (tertiary/aromatic N) is 2. The molecule has 0 saturated carbocycles. The van der Waals surface area contributed by atoms with Crippen LogP contribution in [0.2, 0.25) is 5.02 Å². The number of hydrogen-bond donors (Lipinski definition) is 1. The van der Waals surface area contributed by atoms with Crippen LogP contribution in [0.25, 0.3) is 11.5 Å². The van der Waals surface area contributed by atoms with Crippen LogP contribution in [0.1, 0.15) is 15.9 Å². The molecule has 6 nitrogen and oxygen atoms in total. The van der Waals surface area contributed by atoms with Crippen molar-refractivity contribution in [3.05, 3.63) is 58.9 Å². The highest BCUT2D eigenvalue weighted by Gasteiger charge is 2.12. The van der Waals surface area contributed by atoms with Gasteiger partial charge in [-0.05, 0) is 42.8 Å². The van der Waals surface area contributed by atoms with Crippen LogP contribution in [-0.2, 0) is 0 Å².